The number of aryl methyl sites for hydroxylation is 2. The molecule has 2 N–H and O–H groups in total. The molecule has 1 amide bonds. The van der Waals surface area contributed by atoms with Crippen molar-refractivity contribution in [3.8, 4) is 11.4 Å². The van der Waals surface area contributed by atoms with Crippen LogP contribution in [0.4, 0.5) is 11.4 Å². The number of nitrogens with zero attached hydrogens (tertiary/aromatic N) is 3. The van der Waals surface area contributed by atoms with E-state index in [0.29, 0.717) is 16.5 Å². The molecule has 2 aromatic carbocycles. The van der Waals surface area contributed by atoms with Gasteiger partial charge < -0.3 is 24.8 Å². The van der Waals surface area contributed by atoms with Gasteiger partial charge in [-0.25, -0.2) is 0 Å². The number of pyridine rings is 1. The number of hydrogen-bond donors (Lipinski definition) is 2. The number of nitrogens with one attached hydrogen (secondary N) is 2. The minimum atomic E-state index is -0.537. The van der Waals surface area contributed by atoms with E-state index in [2.05, 4.69) is 71.2 Å². The predicted octanol–water partition coefficient (Wildman–Crippen LogP) is 7.22. The van der Waals surface area contributed by atoms with Gasteiger partial charge in [0.15, 0.2) is 5.11 Å². The fraction of sp³-hybridized carbons (Fsp3) is 0.324. The normalized spacial score (nSPS) is 16.8. The predicted molar refractivity (Wildman–Crippen MR) is 174 cm³/mol. The first-order chi connectivity index (χ1) is 20.0. The molecule has 7 nitrogen and oxygen atoms in total. The topological polar surface area (TPSA) is 71.4 Å². The molecule has 4 aromatic rings. The number of anilines is 2. The minimum Gasteiger partial charge on any atom is -0.494 e. The highest BCUT2D eigenvalue weighted by Gasteiger charge is 2.42. The summed E-state index contributed by atoms with van der Waals surface area (Å²) >= 11 is 5.98. The van der Waals surface area contributed by atoms with Crippen molar-refractivity contribution in [1.29, 1.82) is 0 Å². The maximum absolute atomic E-state index is 12.7. The summed E-state index contributed by atoms with van der Waals surface area (Å²) in [6.45, 7) is 12.1. The molecular formula is C34H39N5O2S. The van der Waals surface area contributed by atoms with E-state index in [1.165, 1.54) is 5.56 Å². The Morgan fingerprint density at radius 2 is 1.76 bits per heavy atom. The first-order valence-electron chi connectivity index (χ1n) is 14.3. The van der Waals surface area contributed by atoms with E-state index < -0.39 is 5.41 Å². The Bertz CT molecular complexity index is 1610. The number of aromatic nitrogens is 2. The zero-order valence-corrected chi connectivity index (χ0v) is 26.2. The summed E-state index contributed by atoms with van der Waals surface area (Å²) in [5, 5.41) is 7.17. The number of amides is 1. The largest absolute Gasteiger partial charge is 0.494 e. The number of ether oxygens (including phenoxy) is 1. The van der Waals surface area contributed by atoms with Crippen molar-refractivity contribution in [2.24, 2.45) is 5.41 Å². The van der Waals surface area contributed by atoms with Gasteiger partial charge in [0.2, 0.25) is 5.91 Å². The number of rotatable bonds is 7. The summed E-state index contributed by atoms with van der Waals surface area (Å²) in [6, 6.07) is 22.4. The highest BCUT2D eigenvalue weighted by Crippen LogP contribution is 2.45. The Labute approximate surface area is 253 Å². The Morgan fingerprint density at radius 3 is 2.38 bits per heavy atom. The number of hydrogen-bond acceptors (Lipinski definition) is 4. The second-order valence-corrected chi connectivity index (χ2v) is 12.2. The molecule has 8 heteroatoms. The van der Waals surface area contributed by atoms with Crippen LogP contribution in [-0.2, 0) is 11.2 Å². The molecule has 3 heterocycles. The van der Waals surface area contributed by atoms with Gasteiger partial charge in [-0.2, -0.15) is 0 Å². The molecule has 2 aromatic heterocycles. The number of benzene rings is 2. The molecule has 0 bridgehead atoms. The smallest absolute Gasteiger partial charge is 0.229 e. The maximum Gasteiger partial charge on any atom is 0.229 e. The van der Waals surface area contributed by atoms with Crippen molar-refractivity contribution in [2.75, 3.05) is 17.3 Å². The molecule has 1 aliphatic rings. The van der Waals surface area contributed by atoms with Gasteiger partial charge in [0, 0.05) is 40.4 Å². The van der Waals surface area contributed by atoms with Crippen LogP contribution >= 0.6 is 12.2 Å². The Kier molecular flexibility index (Phi) is 8.10. The van der Waals surface area contributed by atoms with Gasteiger partial charge in [-0.15, -0.1) is 0 Å². The fourth-order valence-corrected chi connectivity index (χ4v) is 5.90. The maximum atomic E-state index is 12.7. The van der Waals surface area contributed by atoms with Gasteiger partial charge in [-0.3, -0.25) is 9.78 Å². The zero-order chi connectivity index (χ0) is 30.2. The second-order valence-electron chi connectivity index (χ2n) is 11.8. The lowest BCUT2D eigenvalue weighted by Crippen LogP contribution is -2.30. The lowest BCUT2D eigenvalue weighted by molar-refractivity contribution is -0.123. The molecule has 2 atom stereocenters. The molecule has 0 spiro atoms. The highest BCUT2D eigenvalue weighted by atomic mass is 32.1. The third-order valence-corrected chi connectivity index (χ3v) is 8.20. The van der Waals surface area contributed by atoms with Crippen LogP contribution in [-0.4, -0.2) is 27.7 Å². The number of carbonyl (C=O) groups is 1. The highest BCUT2D eigenvalue weighted by molar-refractivity contribution is 7.80. The van der Waals surface area contributed by atoms with E-state index in [1.54, 1.807) is 7.11 Å². The average Bonchev–Trinajstić information content (AvgIpc) is 3.47. The van der Waals surface area contributed by atoms with Crippen LogP contribution < -0.4 is 20.3 Å². The Morgan fingerprint density at radius 1 is 1.05 bits per heavy atom. The SMILES string of the molecule is CCc1ccc(-n2c(C)cc([C@@H]3[C@@H](c4ccccn4)NC(=S)N3c3ccc(NC(=O)C(C)(C)C)c(OC)c3)c2C)cc1. The Balaban J connectivity index is 1.61. The quantitative estimate of drug-likeness (QED) is 0.225. The van der Waals surface area contributed by atoms with Gasteiger partial charge in [0.1, 0.15) is 5.75 Å². The van der Waals surface area contributed by atoms with Crippen molar-refractivity contribution >= 4 is 34.6 Å². The fourth-order valence-electron chi connectivity index (χ4n) is 5.56. The molecule has 1 aliphatic heterocycles. The van der Waals surface area contributed by atoms with E-state index in [9.17, 15) is 4.79 Å². The van der Waals surface area contributed by atoms with Crippen LogP contribution in [0, 0.1) is 19.3 Å². The lowest BCUT2D eigenvalue weighted by Gasteiger charge is -2.29. The second kappa shape index (κ2) is 11.6. The van der Waals surface area contributed by atoms with Gasteiger partial charge in [0.25, 0.3) is 0 Å². The van der Waals surface area contributed by atoms with E-state index in [4.69, 9.17) is 21.9 Å². The van der Waals surface area contributed by atoms with Crippen LogP contribution in [0.3, 0.4) is 0 Å². The summed E-state index contributed by atoms with van der Waals surface area (Å²) in [5.74, 6) is 0.480. The standard InChI is InChI=1S/C34H39N5O2S/c1-8-23-12-14-24(15-13-23)38-21(2)19-26(22(38)3)31-30(28-11-9-10-18-35-28)37-33(42)39(31)25-16-17-27(29(20-25)41-7)36-32(40)34(4,5)6/h9-20,30-31H,8H2,1-7H3,(H,36,40)(H,37,42)/t30-,31-/m1/s1. The van der Waals surface area contributed by atoms with Gasteiger partial charge >= 0.3 is 0 Å². The monoisotopic (exact) mass is 581 g/mol. The van der Waals surface area contributed by atoms with E-state index >= 15 is 0 Å². The van der Waals surface area contributed by atoms with E-state index in [0.717, 1.165) is 40.4 Å². The molecule has 42 heavy (non-hydrogen) atoms. The molecule has 0 radical (unpaired) electrons. The van der Waals surface area contributed by atoms with Crippen LogP contribution in [0.5, 0.6) is 5.75 Å². The van der Waals surface area contributed by atoms with Crippen LogP contribution in [0.1, 0.15) is 68.0 Å². The molecule has 0 saturated carbocycles. The number of thiocarbonyl (C=S) groups is 1. The van der Waals surface area contributed by atoms with Gasteiger partial charge in [-0.05, 0) is 86.1 Å². The molecule has 0 unspecified atom stereocenters. The van der Waals surface area contributed by atoms with Gasteiger partial charge in [0.05, 0.1) is 30.6 Å². The number of carbonyl (C=O) groups excluding carboxylic acids is 1. The molecule has 218 valence electrons. The van der Waals surface area contributed by atoms with Crippen molar-refractivity contribution in [3.63, 3.8) is 0 Å². The molecular weight excluding hydrogens is 542 g/mol. The Hall–Kier alpha value is -4.17. The van der Waals surface area contributed by atoms with Crippen molar-refractivity contribution in [1.82, 2.24) is 14.9 Å². The van der Waals surface area contributed by atoms with Gasteiger partial charge in [-0.1, -0.05) is 45.9 Å². The van der Waals surface area contributed by atoms with Crippen molar-refractivity contribution in [2.45, 2.75) is 60.0 Å². The molecule has 1 saturated heterocycles. The lowest BCUT2D eigenvalue weighted by atomic mass is 9.95. The molecule has 0 aliphatic carbocycles. The first-order valence-corrected chi connectivity index (χ1v) is 14.7. The van der Waals surface area contributed by atoms with Crippen LogP contribution in [0.25, 0.3) is 5.69 Å². The summed E-state index contributed by atoms with van der Waals surface area (Å²) in [7, 11) is 1.61. The summed E-state index contributed by atoms with van der Waals surface area (Å²) in [6.07, 6.45) is 2.82. The third kappa shape index (κ3) is 5.51. The molecule has 1 fully saturated rings. The number of methoxy groups -OCH3 is 1. The third-order valence-electron chi connectivity index (χ3n) is 7.88. The summed E-state index contributed by atoms with van der Waals surface area (Å²) < 4.78 is 8.05. The van der Waals surface area contributed by atoms with Crippen molar-refractivity contribution in [3.05, 3.63) is 101 Å². The van der Waals surface area contributed by atoms with Crippen molar-refractivity contribution < 1.29 is 9.53 Å². The first kappa shape index (κ1) is 29.3. The zero-order valence-electron chi connectivity index (χ0n) is 25.4. The van der Waals surface area contributed by atoms with E-state index in [1.807, 2.05) is 63.4 Å². The molecule has 5 rings (SSSR count). The van der Waals surface area contributed by atoms with Crippen LogP contribution in [0.2, 0.25) is 0 Å². The summed E-state index contributed by atoms with van der Waals surface area (Å²) in [4.78, 5) is 19.6. The minimum absolute atomic E-state index is 0.0839. The van der Waals surface area contributed by atoms with Crippen LogP contribution in [0.15, 0.2) is 72.9 Å². The summed E-state index contributed by atoms with van der Waals surface area (Å²) in [5.41, 5.74) is 7.72. The average molecular weight is 582 g/mol. The van der Waals surface area contributed by atoms with E-state index in [-0.39, 0.29) is 18.0 Å².